The summed E-state index contributed by atoms with van der Waals surface area (Å²) in [6.07, 6.45) is 2.63. The Morgan fingerprint density at radius 1 is 1.00 bits per heavy atom. The van der Waals surface area contributed by atoms with E-state index in [0.717, 1.165) is 41.6 Å². The lowest BCUT2D eigenvalue weighted by atomic mass is 10.1. The van der Waals surface area contributed by atoms with E-state index in [1.54, 1.807) is 12.1 Å². The third-order valence-corrected chi connectivity index (χ3v) is 7.68. The van der Waals surface area contributed by atoms with Crippen LogP contribution in [0.15, 0.2) is 41.3 Å². The number of carbonyl (C=O) groups excluding carboxylic acids is 2. The molecule has 0 unspecified atom stereocenters. The molecule has 0 bridgehead atoms. The van der Waals surface area contributed by atoms with Gasteiger partial charge in [-0.15, -0.1) is 0 Å². The van der Waals surface area contributed by atoms with Crippen LogP contribution in [0.2, 0.25) is 0 Å². The van der Waals surface area contributed by atoms with Gasteiger partial charge in [0.05, 0.1) is 17.0 Å². The standard InChI is InChI=1S/C24H31N3O4S/c1-17-14-18(2)23(19(3)15-17)25-22(28)16-26(4)24(29)20-10-6-7-11-21(20)32(30,31)27-12-8-5-9-13-27/h6-7,10-11,14-15H,5,8-9,12-13,16H2,1-4H3,(H,25,28). The summed E-state index contributed by atoms with van der Waals surface area (Å²) in [5.41, 5.74) is 3.81. The van der Waals surface area contributed by atoms with Crippen LogP contribution in [0, 0.1) is 20.8 Å². The second-order valence-electron chi connectivity index (χ2n) is 8.44. The predicted octanol–water partition coefficient (Wildman–Crippen LogP) is 3.50. The lowest BCUT2D eigenvalue weighted by molar-refractivity contribution is -0.116. The van der Waals surface area contributed by atoms with Gasteiger partial charge in [-0.3, -0.25) is 9.59 Å². The molecule has 2 aromatic rings. The van der Waals surface area contributed by atoms with E-state index in [1.807, 2.05) is 32.9 Å². The van der Waals surface area contributed by atoms with Crippen LogP contribution < -0.4 is 5.32 Å². The Kier molecular flexibility index (Phi) is 7.36. The SMILES string of the molecule is Cc1cc(C)c(NC(=O)CN(C)C(=O)c2ccccc2S(=O)(=O)N2CCCCC2)c(C)c1. The summed E-state index contributed by atoms with van der Waals surface area (Å²) in [7, 11) is -2.28. The molecule has 0 saturated carbocycles. The Balaban J connectivity index is 1.77. The fourth-order valence-corrected chi connectivity index (χ4v) is 5.86. The highest BCUT2D eigenvalue weighted by atomic mass is 32.2. The van der Waals surface area contributed by atoms with Crippen molar-refractivity contribution in [3.05, 3.63) is 58.7 Å². The first-order valence-electron chi connectivity index (χ1n) is 10.8. The number of rotatable bonds is 6. The van der Waals surface area contributed by atoms with Gasteiger partial charge in [0.1, 0.15) is 0 Å². The van der Waals surface area contributed by atoms with E-state index in [4.69, 9.17) is 0 Å². The summed E-state index contributed by atoms with van der Waals surface area (Å²) >= 11 is 0. The molecule has 8 heteroatoms. The van der Waals surface area contributed by atoms with Gasteiger partial charge in [-0.05, 0) is 56.9 Å². The maximum absolute atomic E-state index is 13.2. The van der Waals surface area contributed by atoms with Gasteiger partial charge in [0.25, 0.3) is 5.91 Å². The third kappa shape index (κ3) is 5.19. The Morgan fingerprint density at radius 2 is 1.59 bits per heavy atom. The molecule has 1 aliphatic heterocycles. The van der Waals surface area contributed by atoms with Gasteiger partial charge < -0.3 is 10.2 Å². The van der Waals surface area contributed by atoms with Crippen molar-refractivity contribution in [2.75, 3.05) is 32.0 Å². The zero-order valence-electron chi connectivity index (χ0n) is 19.1. The number of piperidine rings is 1. The Hall–Kier alpha value is -2.71. The number of benzene rings is 2. The van der Waals surface area contributed by atoms with E-state index < -0.39 is 15.9 Å². The molecule has 2 aromatic carbocycles. The first-order chi connectivity index (χ1) is 15.1. The summed E-state index contributed by atoms with van der Waals surface area (Å²) in [5.74, 6) is -0.846. The molecule has 3 rings (SSSR count). The molecule has 1 aliphatic rings. The van der Waals surface area contributed by atoms with E-state index in [9.17, 15) is 18.0 Å². The number of carbonyl (C=O) groups is 2. The van der Waals surface area contributed by atoms with Crippen LogP contribution in [0.25, 0.3) is 0 Å². The van der Waals surface area contributed by atoms with Crippen LogP contribution in [0.4, 0.5) is 5.69 Å². The molecule has 0 spiro atoms. The quantitative estimate of drug-likeness (QED) is 0.719. The molecule has 0 radical (unpaired) electrons. The van der Waals surface area contributed by atoms with Crippen LogP contribution in [-0.2, 0) is 14.8 Å². The van der Waals surface area contributed by atoms with Crippen LogP contribution >= 0.6 is 0 Å². The molecule has 1 fully saturated rings. The smallest absolute Gasteiger partial charge is 0.255 e. The number of likely N-dealkylation sites (N-methyl/N-ethyl adjacent to an activating group) is 1. The van der Waals surface area contributed by atoms with E-state index in [0.29, 0.717) is 13.1 Å². The van der Waals surface area contributed by atoms with E-state index in [-0.39, 0.29) is 22.9 Å². The van der Waals surface area contributed by atoms with Crippen molar-refractivity contribution in [1.29, 1.82) is 0 Å². The normalized spacial score (nSPS) is 14.8. The number of nitrogens with one attached hydrogen (secondary N) is 1. The summed E-state index contributed by atoms with van der Waals surface area (Å²) in [6, 6.07) is 10.2. The number of aryl methyl sites for hydroxylation is 3. The highest BCUT2D eigenvalue weighted by molar-refractivity contribution is 7.89. The monoisotopic (exact) mass is 457 g/mol. The van der Waals surface area contributed by atoms with Crippen LogP contribution in [0.3, 0.4) is 0 Å². The zero-order chi connectivity index (χ0) is 23.5. The van der Waals surface area contributed by atoms with Gasteiger partial charge in [0.2, 0.25) is 15.9 Å². The fourth-order valence-electron chi connectivity index (χ4n) is 4.16. The summed E-state index contributed by atoms with van der Waals surface area (Å²) in [4.78, 5) is 27.0. The van der Waals surface area contributed by atoms with E-state index >= 15 is 0 Å². The Labute approximate surface area is 190 Å². The fraction of sp³-hybridized carbons (Fsp3) is 0.417. The van der Waals surface area contributed by atoms with E-state index in [2.05, 4.69) is 5.32 Å². The largest absolute Gasteiger partial charge is 0.332 e. The number of anilines is 1. The number of amides is 2. The predicted molar refractivity (Wildman–Crippen MR) is 125 cm³/mol. The molecule has 32 heavy (non-hydrogen) atoms. The maximum atomic E-state index is 13.2. The van der Waals surface area contributed by atoms with Crippen molar-refractivity contribution in [3.63, 3.8) is 0 Å². The lowest BCUT2D eigenvalue weighted by Gasteiger charge is -2.27. The number of nitrogens with zero attached hydrogens (tertiary/aromatic N) is 2. The lowest BCUT2D eigenvalue weighted by Crippen LogP contribution is -2.38. The second-order valence-corrected chi connectivity index (χ2v) is 10.4. The van der Waals surface area contributed by atoms with Crippen molar-refractivity contribution in [1.82, 2.24) is 9.21 Å². The average Bonchev–Trinajstić information content (AvgIpc) is 2.76. The molecule has 0 aromatic heterocycles. The third-order valence-electron chi connectivity index (χ3n) is 5.72. The molecule has 1 N–H and O–H groups in total. The van der Waals surface area contributed by atoms with Gasteiger partial charge in [-0.1, -0.05) is 36.2 Å². The molecule has 172 valence electrons. The molecule has 1 saturated heterocycles. The van der Waals surface area contributed by atoms with Crippen molar-refractivity contribution in [3.8, 4) is 0 Å². The second kappa shape index (κ2) is 9.83. The molecular formula is C24H31N3O4S. The zero-order valence-corrected chi connectivity index (χ0v) is 20.0. The molecule has 0 atom stereocenters. The van der Waals surface area contributed by atoms with Crippen LogP contribution in [0.5, 0.6) is 0 Å². The van der Waals surface area contributed by atoms with E-state index in [1.165, 1.54) is 28.4 Å². The van der Waals surface area contributed by atoms with Gasteiger partial charge in [0.15, 0.2) is 0 Å². The first kappa shape index (κ1) is 23.9. The molecule has 1 heterocycles. The van der Waals surface area contributed by atoms with Gasteiger partial charge >= 0.3 is 0 Å². The number of hydrogen-bond donors (Lipinski definition) is 1. The van der Waals surface area contributed by atoms with Crippen molar-refractivity contribution in [2.45, 2.75) is 44.9 Å². The minimum atomic E-state index is -3.78. The number of hydrogen-bond acceptors (Lipinski definition) is 4. The highest BCUT2D eigenvalue weighted by Crippen LogP contribution is 2.25. The molecule has 0 aliphatic carbocycles. The number of sulfonamides is 1. The van der Waals surface area contributed by atoms with Crippen molar-refractivity contribution in [2.24, 2.45) is 0 Å². The summed E-state index contributed by atoms with van der Waals surface area (Å²) < 4.78 is 27.8. The summed E-state index contributed by atoms with van der Waals surface area (Å²) in [5, 5.41) is 2.88. The maximum Gasteiger partial charge on any atom is 0.255 e. The van der Waals surface area contributed by atoms with Gasteiger partial charge in [0, 0.05) is 25.8 Å². The minimum Gasteiger partial charge on any atom is -0.332 e. The summed E-state index contributed by atoms with van der Waals surface area (Å²) in [6.45, 7) is 6.56. The van der Waals surface area contributed by atoms with Crippen LogP contribution in [-0.4, -0.2) is 56.1 Å². The van der Waals surface area contributed by atoms with Crippen molar-refractivity contribution >= 4 is 27.5 Å². The first-order valence-corrected chi connectivity index (χ1v) is 12.3. The molecule has 7 nitrogen and oxygen atoms in total. The Bertz CT molecular complexity index is 1100. The van der Waals surface area contributed by atoms with Crippen LogP contribution in [0.1, 0.15) is 46.3 Å². The highest BCUT2D eigenvalue weighted by Gasteiger charge is 2.30. The average molecular weight is 458 g/mol. The van der Waals surface area contributed by atoms with Crippen molar-refractivity contribution < 1.29 is 18.0 Å². The van der Waals surface area contributed by atoms with Gasteiger partial charge in [-0.2, -0.15) is 4.31 Å². The molecule has 2 amide bonds. The molecular weight excluding hydrogens is 426 g/mol. The topological polar surface area (TPSA) is 86.8 Å². The Morgan fingerprint density at radius 3 is 2.22 bits per heavy atom. The minimum absolute atomic E-state index is 0.00983. The van der Waals surface area contributed by atoms with Gasteiger partial charge in [-0.25, -0.2) is 8.42 Å².